The minimum absolute atomic E-state index is 0.00271. The Balaban J connectivity index is 1.12. The van der Waals surface area contributed by atoms with Crippen LogP contribution in [0.15, 0.2) is 121 Å². The average molecular weight is 864 g/mol. The molecule has 2 atom stereocenters. The topological polar surface area (TPSA) is 199 Å². The highest BCUT2D eigenvalue weighted by atomic mass is 16.5. The van der Waals surface area contributed by atoms with Crippen molar-refractivity contribution in [1.29, 1.82) is 0 Å². The maximum absolute atomic E-state index is 14.3. The Hall–Kier alpha value is -6.80. The number of benzene rings is 5. The fourth-order valence-electron chi connectivity index (χ4n) is 7.95. The lowest BCUT2D eigenvalue weighted by Crippen LogP contribution is -2.42. The monoisotopic (exact) mass is 863 g/mol. The molecule has 0 aliphatic heterocycles. The van der Waals surface area contributed by atoms with Crippen LogP contribution in [0.25, 0.3) is 32.7 Å². The molecule has 0 fully saturated rings. The highest BCUT2D eigenvalue weighted by Gasteiger charge is 2.26. The molecule has 0 saturated heterocycles. The molecule has 7 N–H and O–H groups in total. The van der Waals surface area contributed by atoms with Crippen LogP contribution in [0.5, 0.6) is 11.5 Å². The molecule has 0 bridgehead atoms. The van der Waals surface area contributed by atoms with Crippen molar-refractivity contribution in [2.45, 2.75) is 90.4 Å². The first-order chi connectivity index (χ1) is 31.2. The van der Waals surface area contributed by atoms with Gasteiger partial charge in [-0.15, -0.1) is 10.2 Å². The van der Waals surface area contributed by atoms with E-state index >= 15 is 0 Å². The number of aliphatic imine (C=N–C) groups is 1. The molecule has 0 aliphatic rings. The van der Waals surface area contributed by atoms with Gasteiger partial charge in [-0.1, -0.05) is 122 Å². The highest BCUT2D eigenvalue weighted by molar-refractivity contribution is 6.09. The number of rotatable bonds is 24. The molecule has 7 aromatic rings. The Bertz CT molecular complexity index is 2600. The van der Waals surface area contributed by atoms with E-state index in [1.807, 2.05) is 53.3 Å². The van der Waals surface area contributed by atoms with Gasteiger partial charge >= 0.3 is 0 Å². The molecule has 0 spiro atoms. The SMILES string of the molecule is CC(C)CCOc1ccc2ccccc2c1-c1c(OCc2cn([C@H](CCCN=C(N)N)C(=O)N[C@H](CCCCN)Cn3cc(CCc4ccccc4)nn3)nn2)ccc2ccccc12. The maximum Gasteiger partial charge on any atom is 0.245 e. The van der Waals surface area contributed by atoms with Gasteiger partial charge in [0.05, 0.1) is 25.0 Å². The van der Waals surface area contributed by atoms with Crippen LogP contribution in [-0.2, 0) is 30.8 Å². The second kappa shape index (κ2) is 22.5. The quantitative estimate of drug-likeness (QED) is 0.0267. The van der Waals surface area contributed by atoms with Gasteiger partial charge in [-0.2, -0.15) is 0 Å². The molecule has 7 rings (SSSR count). The van der Waals surface area contributed by atoms with E-state index < -0.39 is 6.04 Å². The van der Waals surface area contributed by atoms with E-state index in [1.54, 1.807) is 10.9 Å². The molecule has 14 heteroatoms. The maximum atomic E-state index is 14.3. The minimum Gasteiger partial charge on any atom is -0.493 e. The number of hydrogen-bond acceptors (Lipinski definition) is 9. The molecule has 1 amide bonds. The van der Waals surface area contributed by atoms with Gasteiger partial charge in [0.15, 0.2) is 5.96 Å². The molecule has 2 aromatic heterocycles. The zero-order chi connectivity index (χ0) is 44.7. The first-order valence-corrected chi connectivity index (χ1v) is 22.4. The molecule has 334 valence electrons. The second-order valence-corrected chi connectivity index (χ2v) is 16.7. The third-order valence-electron chi connectivity index (χ3n) is 11.3. The normalized spacial score (nSPS) is 12.4. The van der Waals surface area contributed by atoms with Crippen LogP contribution in [0.3, 0.4) is 0 Å². The Morgan fingerprint density at radius 2 is 1.39 bits per heavy atom. The number of ether oxygens (including phenoxy) is 2. The number of carbonyl (C=O) groups excluding carboxylic acids is 1. The summed E-state index contributed by atoms with van der Waals surface area (Å²) >= 11 is 0. The predicted molar refractivity (Wildman–Crippen MR) is 254 cm³/mol. The molecular formula is C50H61N11O3. The lowest BCUT2D eigenvalue weighted by Gasteiger charge is -2.23. The van der Waals surface area contributed by atoms with E-state index in [9.17, 15) is 4.79 Å². The van der Waals surface area contributed by atoms with Gasteiger partial charge in [0.2, 0.25) is 5.91 Å². The number of amides is 1. The Morgan fingerprint density at radius 3 is 2.08 bits per heavy atom. The molecule has 5 aromatic carbocycles. The van der Waals surface area contributed by atoms with Crippen molar-refractivity contribution in [2.24, 2.45) is 28.1 Å². The molecule has 0 aliphatic carbocycles. The average Bonchev–Trinajstić information content (AvgIpc) is 3.97. The lowest BCUT2D eigenvalue weighted by molar-refractivity contribution is -0.125. The van der Waals surface area contributed by atoms with E-state index in [-0.39, 0.29) is 24.5 Å². The van der Waals surface area contributed by atoms with Crippen molar-refractivity contribution in [1.82, 2.24) is 35.3 Å². The largest absolute Gasteiger partial charge is 0.493 e. The number of aromatic nitrogens is 6. The van der Waals surface area contributed by atoms with Crippen LogP contribution >= 0.6 is 0 Å². The van der Waals surface area contributed by atoms with Crippen LogP contribution in [0, 0.1) is 5.92 Å². The third kappa shape index (κ3) is 12.2. The Morgan fingerprint density at radius 1 is 0.719 bits per heavy atom. The second-order valence-electron chi connectivity index (χ2n) is 16.7. The number of carbonyl (C=O) groups is 1. The smallest absolute Gasteiger partial charge is 0.245 e. The fraction of sp³-hybridized carbons (Fsp3) is 0.360. The highest BCUT2D eigenvalue weighted by Crippen LogP contribution is 2.45. The summed E-state index contributed by atoms with van der Waals surface area (Å²) in [5, 5.41) is 25.4. The first-order valence-electron chi connectivity index (χ1n) is 22.4. The molecule has 64 heavy (non-hydrogen) atoms. The predicted octanol–water partition coefficient (Wildman–Crippen LogP) is 7.54. The fourth-order valence-corrected chi connectivity index (χ4v) is 7.95. The van der Waals surface area contributed by atoms with Crippen molar-refractivity contribution in [2.75, 3.05) is 19.7 Å². The summed E-state index contributed by atoms with van der Waals surface area (Å²) in [6.07, 6.45) is 9.67. The van der Waals surface area contributed by atoms with E-state index in [4.69, 9.17) is 26.7 Å². The summed E-state index contributed by atoms with van der Waals surface area (Å²) in [4.78, 5) is 18.5. The zero-order valence-electron chi connectivity index (χ0n) is 37.0. The number of fused-ring (bicyclic) bond motifs is 2. The number of hydrogen-bond donors (Lipinski definition) is 4. The number of nitrogens with zero attached hydrogens (tertiary/aromatic N) is 7. The number of nitrogens with one attached hydrogen (secondary N) is 1. The van der Waals surface area contributed by atoms with Gasteiger partial charge in [-0.05, 0) is 96.6 Å². The molecule has 2 heterocycles. The van der Waals surface area contributed by atoms with E-state index in [2.05, 4.69) is 105 Å². The van der Waals surface area contributed by atoms with Crippen LogP contribution < -0.4 is 32.0 Å². The molecule has 0 radical (unpaired) electrons. The summed E-state index contributed by atoms with van der Waals surface area (Å²) in [6.45, 7) is 6.50. The van der Waals surface area contributed by atoms with Crippen molar-refractivity contribution in [3.8, 4) is 22.6 Å². The van der Waals surface area contributed by atoms with E-state index in [0.29, 0.717) is 62.9 Å². The number of nitrogens with two attached hydrogens (primary N) is 3. The lowest BCUT2D eigenvalue weighted by atomic mass is 9.92. The van der Waals surface area contributed by atoms with Crippen LogP contribution in [-0.4, -0.2) is 67.6 Å². The van der Waals surface area contributed by atoms with Crippen LogP contribution in [0.4, 0.5) is 0 Å². The third-order valence-corrected chi connectivity index (χ3v) is 11.3. The van der Waals surface area contributed by atoms with Crippen LogP contribution in [0.1, 0.15) is 75.4 Å². The summed E-state index contributed by atoms with van der Waals surface area (Å²) in [7, 11) is 0. The van der Waals surface area contributed by atoms with E-state index in [0.717, 1.165) is 76.2 Å². The molecule has 14 nitrogen and oxygen atoms in total. The van der Waals surface area contributed by atoms with Gasteiger partial charge in [-0.3, -0.25) is 14.5 Å². The summed E-state index contributed by atoms with van der Waals surface area (Å²) < 4.78 is 16.7. The summed E-state index contributed by atoms with van der Waals surface area (Å²) in [5.74, 6) is 1.80. The van der Waals surface area contributed by atoms with Gasteiger partial charge in [-0.25, -0.2) is 4.68 Å². The number of guanidine groups is 1. The van der Waals surface area contributed by atoms with Crippen molar-refractivity contribution in [3.05, 3.63) is 132 Å². The Labute approximate surface area is 375 Å². The first kappa shape index (κ1) is 45.2. The molecular weight excluding hydrogens is 803 g/mol. The van der Waals surface area contributed by atoms with Gasteiger partial charge < -0.3 is 32.0 Å². The van der Waals surface area contributed by atoms with Crippen molar-refractivity contribution < 1.29 is 14.3 Å². The van der Waals surface area contributed by atoms with Crippen LogP contribution in [0.2, 0.25) is 0 Å². The standard InChI is InChI=1S/C50H61N11O3/c1-35(2)27-30-63-45-25-22-37-15-6-8-18-42(37)47(45)48-43-19-9-7-16-38(43)23-26-46(48)64-34-41-33-61(59-57-41)44(20-12-29-54-50(52)53)49(62)55-39(17-10-11-28-51)31-60-32-40(56-58-60)24-21-36-13-4-3-5-14-36/h3-9,13-16,18-19,22-23,25-26,32-33,35,39,44H,10-12,17,20-21,24,27-31,34,51H2,1-2H3,(H,55,62)(H4,52,53,54)/t39-,44-/m1/s1. The minimum atomic E-state index is -0.693. The van der Waals surface area contributed by atoms with Gasteiger partial charge in [0.1, 0.15) is 29.8 Å². The number of unbranched alkanes of at least 4 members (excludes halogenated alkanes) is 1. The number of aryl methyl sites for hydroxylation is 2. The molecule has 0 saturated carbocycles. The molecule has 0 unspecified atom stereocenters. The van der Waals surface area contributed by atoms with E-state index in [1.165, 1.54) is 5.56 Å². The van der Waals surface area contributed by atoms with Crippen molar-refractivity contribution >= 4 is 33.4 Å². The van der Waals surface area contributed by atoms with Gasteiger partial charge in [0, 0.05) is 29.9 Å². The van der Waals surface area contributed by atoms with Gasteiger partial charge in [0.25, 0.3) is 0 Å². The zero-order valence-corrected chi connectivity index (χ0v) is 37.0. The summed E-state index contributed by atoms with van der Waals surface area (Å²) in [5.41, 5.74) is 21.8. The summed E-state index contributed by atoms with van der Waals surface area (Å²) in [6, 6.07) is 34.3. The van der Waals surface area contributed by atoms with Crippen molar-refractivity contribution in [3.63, 3.8) is 0 Å². The Kier molecular flexibility index (Phi) is 15.9.